The monoisotopic (exact) mass is 590 g/mol. The van der Waals surface area contributed by atoms with Gasteiger partial charge in [-0.3, -0.25) is 4.79 Å². The predicted octanol–water partition coefficient (Wildman–Crippen LogP) is 5.81. The maximum absolute atomic E-state index is 13.6. The molecular weight excluding hydrogens is 549 g/mol. The maximum atomic E-state index is 13.6. The van der Waals surface area contributed by atoms with E-state index in [1.165, 1.54) is 0 Å². The lowest BCUT2D eigenvalue weighted by Gasteiger charge is -2.58. The van der Waals surface area contributed by atoms with Crippen molar-refractivity contribution >= 4 is 62.6 Å². The van der Waals surface area contributed by atoms with Crippen LogP contribution in [0.25, 0.3) is 0 Å². The fraction of sp³-hybridized carbons (Fsp3) is 0.885. The number of hydrogen-bond acceptors (Lipinski definition) is 9. The third-order valence-corrected chi connectivity index (χ3v) is 12.2. The number of fused-ring (bicyclic) bond motifs is 2. The number of carbonyl (C=O) groups is 1. The van der Waals surface area contributed by atoms with Crippen molar-refractivity contribution in [2.75, 3.05) is 26.2 Å². The topological polar surface area (TPSA) is 60.5 Å². The van der Waals surface area contributed by atoms with E-state index in [1.807, 2.05) is 6.92 Å². The van der Waals surface area contributed by atoms with Gasteiger partial charge in [-0.05, 0) is 66.2 Å². The highest BCUT2D eigenvalue weighted by Gasteiger charge is 2.70. The van der Waals surface area contributed by atoms with Gasteiger partial charge in [0.05, 0.1) is 10.5 Å². The Morgan fingerprint density at radius 3 is 2.14 bits per heavy atom. The van der Waals surface area contributed by atoms with Gasteiger partial charge < -0.3 is 19.3 Å². The average Bonchev–Trinajstić information content (AvgIpc) is 3.09. The molecule has 7 atom stereocenters. The standard InChI is InChI=1S/C26H42N2O5S4/c1-7-27(8-2)23(34)36-20(37-24(35)28(9-3)10-4)15-17-19-12-11-16(5)18-13-14-25(6)31-22(30-21(17)29)26(18,19)33-32-25/h16-20,22H,7-15H2,1-6H3/t16-,17?,18+,19+,22-,25+,26?/m1/s1. The van der Waals surface area contributed by atoms with Gasteiger partial charge in [-0.1, -0.05) is 54.9 Å². The summed E-state index contributed by atoms with van der Waals surface area (Å²) in [6.07, 6.45) is 3.44. The molecule has 1 aliphatic carbocycles. The Balaban J connectivity index is 1.62. The average molecular weight is 591 g/mol. The van der Waals surface area contributed by atoms with Crippen molar-refractivity contribution in [3.63, 3.8) is 0 Å². The summed E-state index contributed by atoms with van der Waals surface area (Å²) in [5.41, 5.74) is -0.773. The van der Waals surface area contributed by atoms with Gasteiger partial charge in [-0.25, -0.2) is 9.78 Å². The minimum absolute atomic E-state index is 0.0222. The molecule has 1 spiro atoms. The van der Waals surface area contributed by atoms with Crippen LogP contribution in [0.2, 0.25) is 0 Å². The molecule has 0 aromatic rings. The van der Waals surface area contributed by atoms with Gasteiger partial charge in [0, 0.05) is 44.4 Å². The lowest BCUT2D eigenvalue weighted by molar-refractivity contribution is -0.559. The molecular formula is C26H42N2O5S4. The van der Waals surface area contributed by atoms with Crippen LogP contribution in [-0.4, -0.2) is 72.8 Å². The highest BCUT2D eigenvalue weighted by molar-refractivity contribution is 8.36. The molecule has 2 unspecified atom stereocenters. The van der Waals surface area contributed by atoms with Crippen LogP contribution in [0.3, 0.4) is 0 Å². The van der Waals surface area contributed by atoms with Gasteiger partial charge in [0.15, 0.2) is 5.60 Å². The Morgan fingerprint density at radius 1 is 0.973 bits per heavy atom. The maximum Gasteiger partial charge on any atom is 0.311 e. The van der Waals surface area contributed by atoms with E-state index in [-0.39, 0.29) is 28.3 Å². The first-order chi connectivity index (χ1) is 17.6. The summed E-state index contributed by atoms with van der Waals surface area (Å²) in [4.78, 5) is 30.2. The van der Waals surface area contributed by atoms with Crippen LogP contribution in [0.5, 0.6) is 0 Å². The predicted molar refractivity (Wildman–Crippen MR) is 157 cm³/mol. The van der Waals surface area contributed by atoms with E-state index in [0.29, 0.717) is 12.3 Å². The zero-order chi connectivity index (χ0) is 27.0. The van der Waals surface area contributed by atoms with Crippen LogP contribution in [0.4, 0.5) is 0 Å². The number of thiocarbonyl (C=S) groups is 2. The zero-order valence-corrected chi connectivity index (χ0v) is 26.2. The van der Waals surface area contributed by atoms with Gasteiger partial charge in [0.25, 0.3) is 0 Å². The molecule has 0 N–H and O–H groups in total. The molecule has 7 nitrogen and oxygen atoms in total. The van der Waals surface area contributed by atoms with Crippen molar-refractivity contribution in [3.8, 4) is 0 Å². The van der Waals surface area contributed by atoms with Crippen molar-refractivity contribution in [1.82, 2.24) is 9.80 Å². The van der Waals surface area contributed by atoms with E-state index in [9.17, 15) is 4.79 Å². The number of hydrogen-bond donors (Lipinski definition) is 0. The van der Waals surface area contributed by atoms with E-state index in [0.717, 1.165) is 60.5 Å². The molecule has 1 saturated carbocycles. The molecule has 0 aromatic carbocycles. The normalized spacial score (nSPS) is 36.5. The van der Waals surface area contributed by atoms with E-state index >= 15 is 0 Å². The van der Waals surface area contributed by atoms with Gasteiger partial charge in [-0.15, -0.1) is 0 Å². The van der Waals surface area contributed by atoms with E-state index in [2.05, 4.69) is 44.4 Å². The van der Waals surface area contributed by atoms with Crippen LogP contribution in [0.15, 0.2) is 0 Å². The van der Waals surface area contributed by atoms with Crippen molar-refractivity contribution in [3.05, 3.63) is 0 Å². The Labute approximate surface area is 241 Å². The molecule has 4 saturated heterocycles. The first kappa shape index (κ1) is 29.8. The van der Waals surface area contributed by atoms with Gasteiger partial charge in [0.2, 0.25) is 12.1 Å². The Bertz CT molecular complexity index is 846. The Hall–Kier alpha value is -0.170. The van der Waals surface area contributed by atoms with Gasteiger partial charge >= 0.3 is 5.97 Å². The van der Waals surface area contributed by atoms with Crippen LogP contribution < -0.4 is 0 Å². The summed E-state index contributed by atoms with van der Waals surface area (Å²) >= 11 is 15.0. The number of rotatable bonds is 8. The van der Waals surface area contributed by atoms with E-state index in [4.69, 9.17) is 43.7 Å². The molecule has 5 aliphatic rings. The molecule has 5 fully saturated rings. The van der Waals surface area contributed by atoms with Crippen LogP contribution >= 0.6 is 48.0 Å². The van der Waals surface area contributed by atoms with E-state index < -0.39 is 17.7 Å². The number of carbonyl (C=O) groups excluding carboxylic acids is 1. The molecule has 11 heteroatoms. The zero-order valence-electron chi connectivity index (χ0n) is 22.9. The second kappa shape index (κ2) is 12.1. The highest BCUT2D eigenvalue weighted by atomic mass is 32.2. The largest absolute Gasteiger partial charge is 0.432 e. The van der Waals surface area contributed by atoms with Crippen LogP contribution in [0.1, 0.15) is 73.6 Å². The molecule has 0 amide bonds. The van der Waals surface area contributed by atoms with Gasteiger partial charge in [0.1, 0.15) is 8.64 Å². The summed E-state index contributed by atoms with van der Waals surface area (Å²) < 4.78 is 14.0. The molecule has 210 valence electrons. The second-order valence-corrected chi connectivity index (χ2v) is 14.7. The Kier molecular flexibility index (Phi) is 9.78. The summed E-state index contributed by atoms with van der Waals surface area (Å²) in [6, 6.07) is 0. The molecule has 2 bridgehead atoms. The number of esters is 1. The fourth-order valence-corrected chi connectivity index (χ4v) is 10.7. The quantitative estimate of drug-likeness (QED) is 0.149. The number of nitrogens with zero attached hydrogens (tertiary/aromatic N) is 2. The SMILES string of the molecule is CCN(CC)C(=S)SC(CC1C(=O)O[C@@H]2O[C@]3(C)CC[C@H]4[C@H](C)CC[C@@H]1C24OO3)SC(=S)N(CC)CC. The number of thioether (sulfide) groups is 2. The van der Waals surface area contributed by atoms with Crippen molar-refractivity contribution < 1.29 is 24.0 Å². The van der Waals surface area contributed by atoms with Crippen LogP contribution in [-0.2, 0) is 24.0 Å². The summed E-state index contributed by atoms with van der Waals surface area (Å²) in [6.45, 7) is 16.0. The first-order valence-corrected chi connectivity index (χ1v) is 16.4. The lowest BCUT2D eigenvalue weighted by atomic mass is 9.57. The van der Waals surface area contributed by atoms with Crippen molar-refractivity contribution in [1.29, 1.82) is 0 Å². The lowest BCUT2D eigenvalue weighted by Crippen LogP contribution is -2.70. The molecule has 4 aliphatic heterocycles. The second-order valence-electron chi connectivity index (χ2n) is 10.7. The highest BCUT2D eigenvalue weighted by Crippen LogP contribution is 2.60. The molecule has 5 rings (SSSR count). The third-order valence-electron chi connectivity index (χ3n) is 8.74. The Morgan fingerprint density at radius 2 is 1.57 bits per heavy atom. The first-order valence-electron chi connectivity index (χ1n) is 13.8. The molecule has 4 heterocycles. The molecule has 37 heavy (non-hydrogen) atoms. The van der Waals surface area contributed by atoms with Crippen molar-refractivity contribution in [2.24, 2.45) is 23.7 Å². The fourth-order valence-electron chi connectivity index (χ4n) is 6.54. The smallest absolute Gasteiger partial charge is 0.311 e. The summed E-state index contributed by atoms with van der Waals surface area (Å²) in [7, 11) is 0. The minimum atomic E-state index is -0.884. The molecule has 0 radical (unpaired) electrons. The van der Waals surface area contributed by atoms with E-state index in [1.54, 1.807) is 23.5 Å². The van der Waals surface area contributed by atoms with Gasteiger partial charge in [-0.2, -0.15) is 0 Å². The summed E-state index contributed by atoms with van der Waals surface area (Å²) in [5.74, 6) is -0.829. The van der Waals surface area contributed by atoms with Crippen LogP contribution in [0, 0.1) is 23.7 Å². The molecule has 0 aromatic heterocycles. The summed E-state index contributed by atoms with van der Waals surface area (Å²) in [5, 5.41) is 0. The third kappa shape index (κ3) is 5.70. The van der Waals surface area contributed by atoms with Crippen molar-refractivity contribution in [2.45, 2.75) is 95.9 Å². The minimum Gasteiger partial charge on any atom is -0.432 e. The number of ether oxygens (including phenoxy) is 2.